The Bertz CT molecular complexity index is 1970. The summed E-state index contributed by atoms with van der Waals surface area (Å²) in [4.78, 5) is 14.5. The first-order chi connectivity index (χ1) is 23.2. The number of aromatic hydroxyl groups is 1. The molecule has 0 spiro atoms. The van der Waals surface area contributed by atoms with E-state index in [0.29, 0.717) is 42.0 Å². The second kappa shape index (κ2) is 13.8. The molecule has 0 radical (unpaired) electrons. The second-order valence-corrected chi connectivity index (χ2v) is 10.9. The van der Waals surface area contributed by atoms with E-state index in [-0.39, 0.29) is 5.75 Å². The van der Waals surface area contributed by atoms with Crippen LogP contribution in [0.4, 0.5) is 0 Å². The summed E-state index contributed by atoms with van der Waals surface area (Å²) in [5.41, 5.74) is 6.62. The van der Waals surface area contributed by atoms with Gasteiger partial charge < -0.3 is 14.6 Å². The zero-order valence-electron chi connectivity index (χ0n) is 25.5. The number of rotatable bonds is 10. The minimum atomic E-state index is 0.00780. The van der Waals surface area contributed by atoms with Crippen LogP contribution in [0.25, 0.3) is 56.4 Å². The van der Waals surface area contributed by atoms with Gasteiger partial charge in [0.2, 0.25) is 0 Å². The van der Waals surface area contributed by atoms with Crippen LogP contribution in [0.1, 0.15) is 0 Å². The fourth-order valence-corrected chi connectivity index (χ4v) is 5.27. The number of benzene rings is 6. The fraction of sp³-hybridized carbons (Fsp3) is 0.0488. The van der Waals surface area contributed by atoms with Crippen LogP contribution >= 0.6 is 0 Å². The smallest absolute Gasteiger partial charge is 0.167 e. The lowest BCUT2D eigenvalue weighted by Gasteiger charge is -2.12. The van der Waals surface area contributed by atoms with E-state index in [0.717, 1.165) is 39.1 Å². The molecule has 1 aromatic heterocycles. The van der Waals surface area contributed by atoms with Crippen molar-refractivity contribution in [1.29, 1.82) is 0 Å². The molecule has 7 aromatic rings. The summed E-state index contributed by atoms with van der Waals surface area (Å²) in [6, 6.07) is 51.5. The molecule has 6 heteroatoms. The average Bonchev–Trinajstić information content (AvgIpc) is 3.14. The Morgan fingerprint density at radius 3 is 1.28 bits per heavy atom. The van der Waals surface area contributed by atoms with Gasteiger partial charge >= 0.3 is 0 Å². The number of phenols is 1. The number of phenolic OH excluding ortho intramolecular Hbond substituents is 1. The highest BCUT2D eigenvalue weighted by molar-refractivity contribution is 5.73. The van der Waals surface area contributed by atoms with Gasteiger partial charge in [-0.2, -0.15) is 0 Å². The van der Waals surface area contributed by atoms with E-state index in [1.165, 1.54) is 0 Å². The van der Waals surface area contributed by atoms with Gasteiger partial charge in [0, 0.05) is 17.2 Å². The third-order valence-electron chi connectivity index (χ3n) is 7.71. The van der Waals surface area contributed by atoms with E-state index >= 15 is 0 Å². The normalized spacial score (nSPS) is 10.8. The molecule has 0 saturated carbocycles. The molecule has 0 aliphatic rings. The van der Waals surface area contributed by atoms with Crippen LogP contribution in [0.15, 0.2) is 158 Å². The molecule has 1 heterocycles. The molecule has 228 valence electrons. The maximum atomic E-state index is 11.1. The highest BCUT2D eigenvalue weighted by Crippen LogP contribution is 2.33. The molecule has 0 atom stereocenters. The number of hydrogen-bond acceptors (Lipinski definition) is 6. The lowest BCUT2D eigenvalue weighted by atomic mass is 10.0. The Labute approximate surface area is 273 Å². The van der Waals surface area contributed by atoms with Crippen molar-refractivity contribution in [1.82, 2.24) is 15.0 Å². The Morgan fingerprint density at radius 1 is 0.383 bits per heavy atom. The predicted molar refractivity (Wildman–Crippen MR) is 186 cm³/mol. The number of para-hydroxylation sites is 1. The van der Waals surface area contributed by atoms with Gasteiger partial charge in [-0.15, -0.1) is 0 Å². The van der Waals surface area contributed by atoms with Crippen molar-refractivity contribution in [2.24, 2.45) is 0 Å². The standard InChI is InChI=1S/C41H31N3O3/c45-38-28-36(47-27-26-46-35-14-8-3-9-15-35)24-25-37(38)41-43-39(33-20-16-31(17-21-33)29-10-4-1-5-11-29)42-40(44-41)34-22-18-32(19-23-34)30-12-6-2-7-13-30/h1-25,28,45H,26-27H2. The first-order valence-electron chi connectivity index (χ1n) is 15.4. The summed E-state index contributed by atoms with van der Waals surface area (Å²) < 4.78 is 11.6. The van der Waals surface area contributed by atoms with E-state index in [2.05, 4.69) is 48.5 Å². The van der Waals surface area contributed by atoms with Crippen LogP contribution in [0.3, 0.4) is 0 Å². The van der Waals surface area contributed by atoms with E-state index in [4.69, 9.17) is 24.4 Å². The van der Waals surface area contributed by atoms with Crippen molar-refractivity contribution in [3.05, 3.63) is 158 Å². The minimum Gasteiger partial charge on any atom is -0.507 e. The summed E-state index contributed by atoms with van der Waals surface area (Å²) in [5.74, 6) is 2.68. The van der Waals surface area contributed by atoms with Crippen molar-refractivity contribution in [3.63, 3.8) is 0 Å². The summed E-state index contributed by atoms with van der Waals surface area (Å²) in [5, 5.41) is 11.1. The summed E-state index contributed by atoms with van der Waals surface area (Å²) in [7, 11) is 0. The Morgan fingerprint density at radius 2 is 0.787 bits per heavy atom. The average molecular weight is 614 g/mol. The molecule has 0 aliphatic carbocycles. The van der Waals surface area contributed by atoms with Gasteiger partial charge in [0.05, 0.1) is 5.56 Å². The van der Waals surface area contributed by atoms with Gasteiger partial charge in [-0.3, -0.25) is 0 Å². The first kappa shape index (κ1) is 29.4. The van der Waals surface area contributed by atoms with Crippen LogP contribution < -0.4 is 9.47 Å². The van der Waals surface area contributed by atoms with Crippen LogP contribution in [-0.4, -0.2) is 33.3 Å². The Hall–Kier alpha value is -6.27. The highest BCUT2D eigenvalue weighted by atomic mass is 16.5. The topological polar surface area (TPSA) is 77.4 Å². The molecule has 7 rings (SSSR count). The van der Waals surface area contributed by atoms with Gasteiger partial charge in [-0.1, -0.05) is 127 Å². The van der Waals surface area contributed by atoms with Crippen molar-refractivity contribution in [3.8, 4) is 73.7 Å². The highest BCUT2D eigenvalue weighted by Gasteiger charge is 2.16. The van der Waals surface area contributed by atoms with E-state index in [9.17, 15) is 5.11 Å². The van der Waals surface area contributed by atoms with Crippen molar-refractivity contribution >= 4 is 0 Å². The van der Waals surface area contributed by atoms with Gasteiger partial charge in [0.25, 0.3) is 0 Å². The second-order valence-electron chi connectivity index (χ2n) is 10.9. The Balaban J connectivity index is 1.19. The molecular weight excluding hydrogens is 582 g/mol. The molecule has 1 N–H and O–H groups in total. The van der Waals surface area contributed by atoms with Crippen molar-refractivity contribution < 1.29 is 14.6 Å². The molecule has 0 saturated heterocycles. The maximum absolute atomic E-state index is 11.1. The van der Waals surface area contributed by atoms with E-state index < -0.39 is 0 Å². The van der Waals surface area contributed by atoms with Crippen molar-refractivity contribution in [2.45, 2.75) is 0 Å². The summed E-state index contributed by atoms with van der Waals surface area (Å²) in [6.07, 6.45) is 0. The van der Waals surface area contributed by atoms with Gasteiger partial charge in [-0.05, 0) is 46.5 Å². The molecule has 47 heavy (non-hydrogen) atoms. The minimum absolute atomic E-state index is 0.00780. The maximum Gasteiger partial charge on any atom is 0.167 e. The number of ether oxygens (including phenoxy) is 2. The predicted octanol–water partition coefficient (Wildman–Crippen LogP) is 9.37. The number of hydrogen-bond donors (Lipinski definition) is 1. The first-order valence-corrected chi connectivity index (χ1v) is 15.4. The monoisotopic (exact) mass is 613 g/mol. The lowest BCUT2D eigenvalue weighted by molar-refractivity contribution is 0.216. The van der Waals surface area contributed by atoms with Crippen LogP contribution in [0.2, 0.25) is 0 Å². The summed E-state index contributed by atoms with van der Waals surface area (Å²) in [6.45, 7) is 0.699. The van der Waals surface area contributed by atoms with Crippen LogP contribution in [-0.2, 0) is 0 Å². The van der Waals surface area contributed by atoms with Crippen LogP contribution in [0, 0.1) is 0 Å². The van der Waals surface area contributed by atoms with Gasteiger partial charge in [0.1, 0.15) is 30.5 Å². The zero-order chi connectivity index (χ0) is 31.8. The molecule has 0 unspecified atom stereocenters. The van der Waals surface area contributed by atoms with E-state index in [1.807, 2.05) is 91.0 Å². The zero-order valence-corrected chi connectivity index (χ0v) is 25.5. The molecule has 0 bridgehead atoms. The summed E-state index contributed by atoms with van der Waals surface area (Å²) >= 11 is 0. The molecular formula is C41H31N3O3. The van der Waals surface area contributed by atoms with Gasteiger partial charge in [0.15, 0.2) is 17.5 Å². The molecule has 6 nitrogen and oxygen atoms in total. The fourth-order valence-electron chi connectivity index (χ4n) is 5.27. The van der Waals surface area contributed by atoms with Crippen LogP contribution in [0.5, 0.6) is 17.2 Å². The SMILES string of the molecule is Oc1cc(OCCOc2ccccc2)ccc1-c1nc(-c2ccc(-c3ccccc3)cc2)nc(-c2ccc(-c3ccccc3)cc2)n1. The number of nitrogens with zero attached hydrogens (tertiary/aromatic N) is 3. The molecule has 0 aliphatic heterocycles. The number of aromatic nitrogens is 3. The third-order valence-corrected chi connectivity index (χ3v) is 7.71. The molecule has 0 fully saturated rings. The molecule has 0 amide bonds. The largest absolute Gasteiger partial charge is 0.507 e. The van der Waals surface area contributed by atoms with Crippen molar-refractivity contribution in [2.75, 3.05) is 13.2 Å². The quantitative estimate of drug-likeness (QED) is 0.155. The van der Waals surface area contributed by atoms with Gasteiger partial charge in [-0.25, -0.2) is 15.0 Å². The van der Waals surface area contributed by atoms with E-state index in [1.54, 1.807) is 18.2 Å². The lowest BCUT2D eigenvalue weighted by Crippen LogP contribution is -2.08. The third kappa shape index (κ3) is 7.02. The Kier molecular flexibility index (Phi) is 8.64. The molecule has 6 aromatic carbocycles.